The van der Waals surface area contributed by atoms with Crippen LogP contribution >= 0.6 is 11.6 Å². The van der Waals surface area contributed by atoms with Gasteiger partial charge in [0.1, 0.15) is 5.88 Å². The fraction of sp³-hybridized carbons (Fsp3) is 0.417. The lowest BCUT2D eigenvalue weighted by molar-refractivity contribution is -0.130. The van der Waals surface area contributed by atoms with E-state index in [1.807, 2.05) is 25.2 Å². The Kier molecular flexibility index (Phi) is 2.70. The van der Waals surface area contributed by atoms with Crippen molar-refractivity contribution in [1.29, 1.82) is 0 Å². The van der Waals surface area contributed by atoms with Crippen LogP contribution in [0, 0.1) is 0 Å². The normalized spacial score (nSPS) is 17.2. The molecule has 2 rings (SSSR count). The Morgan fingerprint density at radius 3 is 2.47 bits per heavy atom. The zero-order chi connectivity index (χ0) is 10.9. The van der Waals surface area contributed by atoms with E-state index in [4.69, 9.17) is 11.6 Å². The third kappa shape index (κ3) is 1.74. The molecule has 0 N–H and O–H groups in total. The third-order valence-electron chi connectivity index (χ3n) is 3.17. The molecular weight excluding hydrogens is 210 g/mol. The van der Waals surface area contributed by atoms with Crippen LogP contribution in [-0.4, -0.2) is 23.7 Å². The molecule has 0 aliphatic heterocycles. The van der Waals surface area contributed by atoms with E-state index in [9.17, 15) is 4.79 Å². The average Bonchev–Trinajstić information content (AvgIpc) is 3.09. The van der Waals surface area contributed by atoms with Gasteiger partial charge in [-0.2, -0.15) is 0 Å². The fourth-order valence-corrected chi connectivity index (χ4v) is 2.19. The molecule has 3 heteroatoms. The first-order valence-electron chi connectivity index (χ1n) is 5.09. The largest absolute Gasteiger partial charge is 0.335 e. The summed E-state index contributed by atoms with van der Waals surface area (Å²) in [6.07, 6.45) is 2.08. The predicted octanol–water partition coefficient (Wildman–Crippen LogP) is 2.37. The van der Waals surface area contributed by atoms with Crippen molar-refractivity contribution >= 4 is 17.5 Å². The molecule has 1 saturated carbocycles. The van der Waals surface area contributed by atoms with Gasteiger partial charge in [-0.1, -0.05) is 30.3 Å². The molecule has 1 fully saturated rings. The minimum Gasteiger partial charge on any atom is -0.335 e. The molecule has 0 heterocycles. The van der Waals surface area contributed by atoms with E-state index in [2.05, 4.69) is 12.1 Å². The van der Waals surface area contributed by atoms with Crippen LogP contribution in [0.1, 0.15) is 18.4 Å². The van der Waals surface area contributed by atoms with Gasteiger partial charge in [0.2, 0.25) is 5.91 Å². The van der Waals surface area contributed by atoms with Crippen molar-refractivity contribution in [2.45, 2.75) is 18.4 Å². The molecule has 0 saturated heterocycles. The van der Waals surface area contributed by atoms with Crippen LogP contribution in [0.2, 0.25) is 0 Å². The van der Waals surface area contributed by atoms with E-state index in [1.165, 1.54) is 5.56 Å². The second kappa shape index (κ2) is 3.86. The maximum atomic E-state index is 11.6. The van der Waals surface area contributed by atoms with Gasteiger partial charge < -0.3 is 4.90 Å². The average molecular weight is 224 g/mol. The van der Waals surface area contributed by atoms with Crippen LogP contribution in [0.3, 0.4) is 0 Å². The number of halogens is 1. The van der Waals surface area contributed by atoms with Gasteiger partial charge in [0.25, 0.3) is 0 Å². The lowest BCUT2D eigenvalue weighted by Crippen LogP contribution is -2.37. The summed E-state index contributed by atoms with van der Waals surface area (Å²) in [4.78, 5) is 13.4. The first-order valence-corrected chi connectivity index (χ1v) is 5.62. The number of amides is 1. The maximum absolute atomic E-state index is 11.6. The lowest BCUT2D eigenvalue weighted by Gasteiger charge is -2.28. The van der Waals surface area contributed by atoms with Gasteiger partial charge in [0.15, 0.2) is 0 Å². The number of hydrogen-bond acceptors (Lipinski definition) is 1. The highest BCUT2D eigenvalue weighted by Crippen LogP contribution is 2.50. The van der Waals surface area contributed by atoms with Crippen molar-refractivity contribution in [3.63, 3.8) is 0 Å². The Morgan fingerprint density at radius 2 is 2.00 bits per heavy atom. The molecule has 1 aromatic rings. The van der Waals surface area contributed by atoms with E-state index < -0.39 is 0 Å². The Labute approximate surface area is 94.8 Å². The van der Waals surface area contributed by atoms with Crippen molar-refractivity contribution in [1.82, 2.24) is 4.90 Å². The van der Waals surface area contributed by atoms with Crippen LogP contribution in [0.5, 0.6) is 0 Å². The van der Waals surface area contributed by atoms with Crippen LogP contribution in [-0.2, 0) is 10.3 Å². The SMILES string of the molecule is CN(C(=O)CCl)C1(c2ccccc2)CC1. The summed E-state index contributed by atoms with van der Waals surface area (Å²) >= 11 is 5.58. The van der Waals surface area contributed by atoms with Crippen molar-refractivity contribution in [2.24, 2.45) is 0 Å². The van der Waals surface area contributed by atoms with E-state index in [0.29, 0.717) is 0 Å². The molecule has 1 aliphatic rings. The van der Waals surface area contributed by atoms with Gasteiger partial charge in [-0.15, -0.1) is 11.6 Å². The number of carbonyl (C=O) groups is 1. The summed E-state index contributed by atoms with van der Waals surface area (Å²) in [5.41, 5.74) is 1.14. The quantitative estimate of drug-likeness (QED) is 0.721. The van der Waals surface area contributed by atoms with Crippen molar-refractivity contribution in [3.8, 4) is 0 Å². The maximum Gasteiger partial charge on any atom is 0.237 e. The molecule has 1 aromatic carbocycles. The number of hydrogen-bond donors (Lipinski definition) is 0. The molecule has 1 amide bonds. The van der Waals surface area contributed by atoms with Crippen molar-refractivity contribution < 1.29 is 4.79 Å². The fourth-order valence-electron chi connectivity index (χ4n) is 2.01. The third-order valence-corrected chi connectivity index (χ3v) is 3.39. The summed E-state index contributed by atoms with van der Waals surface area (Å²) in [5.74, 6) is 0.0588. The summed E-state index contributed by atoms with van der Waals surface area (Å²) in [5, 5.41) is 0. The molecule has 2 nitrogen and oxygen atoms in total. The van der Waals surface area contributed by atoms with E-state index >= 15 is 0 Å². The number of benzene rings is 1. The van der Waals surface area contributed by atoms with E-state index in [1.54, 1.807) is 4.90 Å². The smallest absolute Gasteiger partial charge is 0.237 e. The van der Waals surface area contributed by atoms with Crippen LogP contribution < -0.4 is 0 Å². The Bertz CT molecular complexity index is 359. The summed E-state index contributed by atoms with van der Waals surface area (Å²) in [7, 11) is 1.84. The van der Waals surface area contributed by atoms with Gasteiger partial charge in [0.05, 0.1) is 5.54 Å². The highest BCUT2D eigenvalue weighted by Gasteiger charge is 2.49. The molecule has 15 heavy (non-hydrogen) atoms. The molecule has 0 aromatic heterocycles. The number of nitrogens with zero attached hydrogens (tertiary/aromatic N) is 1. The van der Waals surface area contributed by atoms with Gasteiger partial charge in [0, 0.05) is 7.05 Å². The van der Waals surface area contributed by atoms with Gasteiger partial charge in [-0.05, 0) is 18.4 Å². The minimum absolute atomic E-state index is 0.00183. The van der Waals surface area contributed by atoms with Crippen molar-refractivity contribution in [3.05, 3.63) is 35.9 Å². The van der Waals surface area contributed by atoms with E-state index in [0.717, 1.165) is 12.8 Å². The molecular formula is C12H14ClNO. The van der Waals surface area contributed by atoms with Gasteiger partial charge in [-0.25, -0.2) is 0 Å². The minimum atomic E-state index is -0.0762. The molecule has 80 valence electrons. The van der Waals surface area contributed by atoms with Crippen LogP contribution in [0.15, 0.2) is 30.3 Å². The molecule has 0 radical (unpaired) electrons. The standard InChI is InChI=1S/C12H14ClNO/c1-14(11(15)9-13)12(7-8-12)10-5-3-2-4-6-10/h2-6H,7-9H2,1H3. The lowest BCUT2D eigenvalue weighted by atomic mass is 10.0. The second-order valence-electron chi connectivity index (χ2n) is 3.98. The molecule has 0 spiro atoms. The molecule has 1 aliphatic carbocycles. The topological polar surface area (TPSA) is 20.3 Å². The van der Waals surface area contributed by atoms with Crippen LogP contribution in [0.4, 0.5) is 0 Å². The zero-order valence-electron chi connectivity index (χ0n) is 8.74. The molecule has 0 bridgehead atoms. The summed E-state index contributed by atoms with van der Waals surface area (Å²) < 4.78 is 0. The molecule has 0 atom stereocenters. The Hall–Kier alpha value is -1.02. The first kappa shape index (κ1) is 10.5. The number of carbonyl (C=O) groups excluding carboxylic acids is 1. The number of rotatable bonds is 3. The predicted molar refractivity (Wildman–Crippen MR) is 60.8 cm³/mol. The first-order chi connectivity index (χ1) is 7.20. The molecule has 0 unspecified atom stereocenters. The number of alkyl halides is 1. The highest BCUT2D eigenvalue weighted by atomic mass is 35.5. The summed E-state index contributed by atoms with van der Waals surface area (Å²) in [6, 6.07) is 10.2. The zero-order valence-corrected chi connectivity index (χ0v) is 9.50. The monoisotopic (exact) mass is 223 g/mol. The van der Waals surface area contributed by atoms with E-state index in [-0.39, 0.29) is 17.3 Å². The Balaban J connectivity index is 2.25. The Morgan fingerprint density at radius 1 is 1.40 bits per heavy atom. The highest BCUT2D eigenvalue weighted by molar-refractivity contribution is 6.27. The van der Waals surface area contributed by atoms with Crippen molar-refractivity contribution in [2.75, 3.05) is 12.9 Å². The summed E-state index contributed by atoms with van der Waals surface area (Å²) in [6.45, 7) is 0. The second-order valence-corrected chi connectivity index (χ2v) is 4.25. The van der Waals surface area contributed by atoms with Gasteiger partial charge in [-0.3, -0.25) is 4.79 Å². The van der Waals surface area contributed by atoms with Gasteiger partial charge >= 0.3 is 0 Å². The van der Waals surface area contributed by atoms with Crippen LogP contribution in [0.25, 0.3) is 0 Å².